The van der Waals surface area contributed by atoms with E-state index in [-0.39, 0.29) is 24.9 Å². The number of imide groups is 1. The lowest BCUT2D eigenvalue weighted by Crippen LogP contribution is -2.37. The van der Waals surface area contributed by atoms with Gasteiger partial charge in [0.1, 0.15) is 0 Å². The molecule has 0 fully saturated rings. The van der Waals surface area contributed by atoms with E-state index in [1.54, 1.807) is 31.2 Å². The summed E-state index contributed by atoms with van der Waals surface area (Å²) in [4.78, 5) is 39.3. The minimum absolute atomic E-state index is 0.118. The van der Waals surface area contributed by atoms with Crippen LogP contribution in [0.2, 0.25) is 0 Å². The van der Waals surface area contributed by atoms with Crippen LogP contribution in [0.25, 0.3) is 0 Å². The van der Waals surface area contributed by atoms with Crippen molar-refractivity contribution in [2.24, 2.45) is 4.99 Å². The highest BCUT2D eigenvalue weighted by Crippen LogP contribution is 2.07. The monoisotopic (exact) mass is 300 g/mol. The van der Waals surface area contributed by atoms with Crippen molar-refractivity contribution in [2.45, 2.75) is 6.92 Å². The lowest BCUT2D eigenvalue weighted by Gasteiger charge is -2.13. The molecule has 1 aliphatic rings. The molecule has 7 nitrogen and oxygen atoms in total. The average Bonchev–Trinajstić information content (AvgIpc) is 2.79. The zero-order chi connectivity index (χ0) is 16.1. The standard InChI is InChI=1S/C15H16N4O3/c1-10(11-2-4-12(16)5-3-11)18-15(22)17-8-9-19-13(20)6-7-14(19)21/h2-7H,8-9,16H2,1H3,(H,17,22)/b18-10+. The first-order chi connectivity index (χ1) is 10.5. The summed E-state index contributed by atoms with van der Waals surface area (Å²) in [6.07, 6.45) is 2.40. The molecule has 0 atom stereocenters. The van der Waals surface area contributed by atoms with Gasteiger partial charge in [0.25, 0.3) is 11.8 Å². The van der Waals surface area contributed by atoms with Crippen molar-refractivity contribution in [3.05, 3.63) is 42.0 Å². The van der Waals surface area contributed by atoms with Crippen molar-refractivity contribution in [1.29, 1.82) is 0 Å². The third-order valence-corrected chi connectivity index (χ3v) is 3.11. The number of rotatable bonds is 4. The zero-order valence-corrected chi connectivity index (χ0v) is 12.1. The molecule has 0 spiro atoms. The van der Waals surface area contributed by atoms with Gasteiger partial charge < -0.3 is 11.1 Å². The van der Waals surface area contributed by atoms with Crippen molar-refractivity contribution in [1.82, 2.24) is 10.2 Å². The first-order valence-corrected chi connectivity index (χ1v) is 6.70. The number of urea groups is 1. The van der Waals surface area contributed by atoms with Gasteiger partial charge in [0, 0.05) is 30.9 Å². The molecule has 0 saturated heterocycles. The third kappa shape index (κ3) is 3.78. The number of aliphatic imine (C=N–C) groups is 1. The van der Waals surface area contributed by atoms with E-state index in [9.17, 15) is 14.4 Å². The molecule has 1 aromatic rings. The summed E-state index contributed by atoms with van der Waals surface area (Å²) in [7, 11) is 0. The zero-order valence-electron chi connectivity index (χ0n) is 12.1. The highest BCUT2D eigenvalue weighted by atomic mass is 16.2. The van der Waals surface area contributed by atoms with Gasteiger partial charge in [-0.05, 0) is 24.6 Å². The Morgan fingerprint density at radius 2 is 1.77 bits per heavy atom. The van der Waals surface area contributed by atoms with E-state index in [1.165, 1.54) is 12.2 Å². The van der Waals surface area contributed by atoms with E-state index in [0.29, 0.717) is 11.4 Å². The van der Waals surface area contributed by atoms with Crippen molar-refractivity contribution in [3.8, 4) is 0 Å². The normalized spacial score (nSPS) is 14.6. The van der Waals surface area contributed by atoms with Crippen LogP contribution in [0.5, 0.6) is 0 Å². The van der Waals surface area contributed by atoms with Gasteiger partial charge in [0.05, 0.1) is 5.71 Å². The summed E-state index contributed by atoms with van der Waals surface area (Å²) >= 11 is 0. The Morgan fingerprint density at radius 3 is 2.36 bits per heavy atom. The van der Waals surface area contributed by atoms with Crippen LogP contribution in [0.3, 0.4) is 0 Å². The SMILES string of the molecule is C/C(=N\C(=O)NCCN1C(=O)C=CC1=O)c1ccc(N)cc1. The van der Waals surface area contributed by atoms with Gasteiger partial charge >= 0.3 is 6.03 Å². The van der Waals surface area contributed by atoms with Crippen LogP contribution in [0, 0.1) is 0 Å². The first kappa shape index (κ1) is 15.4. The van der Waals surface area contributed by atoms with Crippen molar-refractivity contribution >= 4 is 29.2 Å². The van der Waals surface area contributed by atoms with E-state index >= 15 is 0 Å². The van der Waals surface area contributed by atoms with Crippen LogP contribution in [-0.4, -0.2) is 41.5 Å². The molecular formula is C15H16N4O3. The van der Waals surface area contributed by atoms with Gasteiger partial charge in [0.2, 0.25) is 0 Å². The average molecular weight is 300 g/mol. The Hall–Kier alpha value is -2.96. The Morgan fingerprint density at radius 1 is 1.18 bits per heavy atom. The quantitative estimate of drug-likeness (QED) is 0.485. The van der Waals surface area contributed by atoms with Gasteiger partial charge in [-0.3, -0.25) is 14.5 Å². The molecular weight excluding hydrogens is 284 g/mol. The number of nitrogen functional groups attached to an aromatic ring is 1. The van der Waals surface area contributed by atoms with E-state index in [1.807, 2.05) is 0 Å². The number of hydrogen-bond donors (Lipinski definition) is 2. The summed E-state index contributed by atoms with van der Waals surface area (Å²) in [5.41, 5.74) is 7.56. The van der Waals surface area contributed by atoms with Gasteiger partial charge in [0.15, 0.2) is 0 Å². The smallest absolute Gasteiger partial charge is 0.341 e. The molecule has 3 N–H and O–H groups in total. The number of carbonyl (C=O) groups is 3. The highest BCUT2D eigenvalue weighted by Gasteiger charge is 2.22. The number of nitrogens with zero attached hydrogens (tertiary/aromatic N) is 2. The molecule has 1 heterocycles. The maximum atomic E-state index is 11.7. The largest absolute Gasteiger partial charge is 0.399 e. The van der Waals surface area contributed by atoms with Gasteiger partial charge in [-0.15, -0.1) is 0 Å². The number of nitrogens with one attached hydrogen (secondary N) is 1. The maximum absolute atomic E-state index is 11.7. The summed E-state index contributed by atoms with van der Waals surface area (Å²) in [5.74, 6) is -0.749. The number of nitrogens with two attached hydrogens (primary N) is 1. The predicted octanol–water partition coefficient (Wildman–Crippen LogP) is 0.712. The molecule has 0 unspecified atom stereocenters. The van der Waals surface area contributed by atoms with Crippen molar-refractivity contribution < 1.29 is 14.4 Å². The van der Waals surface area contributed by atoms with Crippen molar-refractivity contribution in [2.75, 3.05) is 18.8 Å². The van der Waals surface area contributed by atoms with Gasteiger partial charge in [-0.2, -0.15) is 4.99 Å². The van der Waals surface area contributed by atoms with Crippen LogP contribution in [0.1, 0.15) is 12.5 Å². The van der Waals surface area contributed by atoms with E-state index in [2.05, 4.69) is 10.3 Å². The number of benzene rings is 1. The van der Waals surface area contributed by atoms with Crippen LogP contribution in [0.15, 0.2) is 41.4 Å². The lowest BCUT2D eigenvalue weighted by atomic mass is 10.1. The van der Waals surface area contributed by atoms with Crippen LogP contribution >= 0.6 is 0 Å². The molecule has 114 valence electrons. The second kappa shape index (κ2) is 6.66. The molecule has 1 aromatic carbocycles. The molecule has 7 heteroatoms. The Balaban J connectivity index is 1.85. The van der Waals surface area contributed by atoms with E-state index in [4.69, 9.17) is 5.73 Å². The molecule has 0 aliphatic carbocycles. The van der Waals surface area contributed by atoms with E-state index in [0.717, 1.165) is 10.5 Å². The first-order valence-electron chi connectivity index (χ1n) is 6.70. The number of anilines is 1. The Bertz CT molecular complexity index is 644. The molecule has 0 aromatic heterocycles. The highest BCUT2D eigenvalue weighted by molar-refractivity contribution is 6.12. The number of hydrogen-bond acceptors (Lipinski definition) is 4. The molecule has 2 rings (SSSR count). The topological polar surface area (TPSA) is 105 Å². The number of amides is 4. The van der Waals surface area contributed by atoms with Crippen LogP contribution < -0.4 is 11.1 Å². The van der Waals surface area contributed by atoms with Crippen LogP contribution in [-0.2, 0) is 9.59 Å². The molecule has 1 aliphatic heterocycles. The summed E-state index contributed by atoms with van der Waals surface area (Å²) in [6.45, 7) is 1.98. The second-order valence-corrected chi connectivity index (χ2v) is 4.71. The molecule has 0 bridgehead atoms. The Kier molecular flexibility index (Phi) is 4.67. The molecule has 22 heavy (non-hydrogen) atoms. The molecule has 0 radical (unpaired) electrons. The summed E-state index contributed by atoms with van der Waals surface area (Å²) < 4.78 is 0. The summed E-state index contributed by atoms with van der Waals surface area (Å²) in [6, 6.07) is 6.47. The fourth-order valence-corrected chi connectivity index (χ4v) is 1.91. The van der Waals surface area contributed by atoms with E-state index < -0.39 is 6.03 Å². The van der Waals surface area contributed by atoms with Gasteiger partial charge in [-0.25, -0.2) is 4.79 Å². The minimum atomic E-state index is -0.527. The van der Waals surface area contributed by atoms with Gasteiger partial charge in [-0.1, -0.05) is 12.1 Å². The van der Waals surface area contributed by atoms with Crippen molar-refractivity contribution in [3.63, 3.8) is 0 Å². The third-order valence-electron chi connectivity index (χ3n) is 3.11. The summed E-state index contributed by atoms with van der Waals surface area (Å²) in [5, 5.41) is 2.54. The Labute approximate surface area is 127 Å². The lowest BCUT2D eigenvalue weighted by molar-refractivity contribution is -0.136. The predicted molar refractivity (Wildman–Crippen MR) is 82.3 cm³/mol. The fourth-order valence-electron chi connectivity index (χ4n) is 1.91. The minimum Gasteiger partial charge on any atom is -0.399 e. The molecule has 4 amide bonds. The molecule has 0 saturated carbocycles. The maximum Gasteiger partial charge on any atom is 0.341 e. The van der Waals surface area contributed by atoms with Crippen LogP contribution in [0.4, 0.5) is 10.5 Å². The fraction of sp³-hybridized carbons (Fsp3) is 0.200. The second-order valence-electron chi connectivity index (χ2n) is 4.71. The number of carbonyl (C=O) groups excluding carboxylic acids is 3.